The molecule has 1 aromatic heterocycles. The second-order valence-electron chi connectivity index (χ2n) is 7.18. The van der Waals surface area contributed by atoms with Crippen LogP contribution in [0.25, 0.3) is 5.69 Å². The minimum Gasteiger partial charge on any atom is -0.385 e. The second-order valence-corrected chi connectivity index (χ2v) is 7.18. The molecule has 1 saturated carbocycles. The molecule has 0 bridgehead atoms. The summed E-state index contributed by atoms with van der Waals surface area (Å²) in [4.78, 5) is 4.37. The summed E-state index contributed by atoms with van der Waals surface area (Å²) in [5, 5.41) is 15.2. The van der Waals surface area contributed by atoms with Gasteiger partial charge in [0.2, 0.25) is 0 Å². The van der Waals surface area contributed by atoms with Gasteiger partial charge in [-0.2, -0.15) is 0 Å². The summed E-state index contributed by atoms with van der Waals surface area (Å²) in [7, 11) is 3.58. The van der Waals surface area contributed by atoms with Crippen LogP contribution < -0.4 is 10.6 Å². The summed E-state index contributed by atoms with van der Waals surface area (Å²) < 4.78 is 7.31. The molecule has 3 rings (SSSR count). The number of benzene rings is 1. The van der Waals surface area contributed by atoms with Crippen LogP contribution in [0.1, 0.15) is 37.9 Å². The first-order valence-corrected chi connectivity index (χ1v) is 9.64. The van der Waals surface area contributed by atoms with Gasteiger partial charge in [-0.3, -0.25) is 9.56 Å². The molecule has 0 aliphatic heterocycles. The van der Waals surface area contributed by atoms with Crippen molar-refractivity contribution in [3.8, 4) is 5.69 Å². The Kier molecular flexibility index (Phi) is 6.81. The molecule has 27 heavy (non-hydrogen) atoms. The van der Waals surface area contributed by atoms with E-state index in [1.54, 1.807) is 20.5 Å². The van der Waals surface area contributed by atoms with Gasteiger partial charge in [0, 0.05) is 33.0 Å². The summed E-state index contributed by atoms with van der Waals surface area (Å²) in [5.74, 6) is 1.64. The van der Waals surface area contributed by atoms with Crippen molar-refractivity contribution in [1.82, 2.24) is 25.4 Å². The van der Waals surface area contributed by atoms with E-state index in [9.17, 15) is 0 Å². The van der Waals surface area contributed by atoms with Crippen molar-refractivity contribution in [2.45, 2.75) is 38.6 Å². The Morgan fingerprint density at radius 1 is 1.22 bits per heavy atom. The van der Waals surface area contributed by atoms with E-state index in [0.29, 0.717) is 12.0 Å². The van der Waals surface area contributed by atoms with Crippen molar-refractivity contribution < 1.29 is 4.74 Å². The zero-order valence-corrected chi connectivity index (χ0v) is 16.3. The first kappa shape index (κ1) is 19.4. The van der Waals surface area contributed by atoms with Crippen LogP contribution in [0.4, 0.5) is 0 Å². The number of nitrogens with zero attached hydrogens (tertiary/aromatic N) is 4. The molecule has 2 aromatic rings. The molecule has 1 aromatic carbocycles. The molecule has 7 heteroatoms. The molecule has 0 unspecified atom stereocenters. The van der Waals surface area contributed by atoms with Crippen LogP contribution in [0.2, 0.25) is 0 Å². The number of aliphatic imine (C=N–C) groups is 1. The third-order valence-electron chi connectivity index (χ3n) is 5.42. The normalized spacial score (nSPS) is 16.4. The fourth-order valence-corrected chi connectivity index (χ4v) is 3.80. The first-order valence-electron chi connectivity index (χ1n) is 9.64. The van der Waals surface area contributed by atoms with Gasteiger partial charge in [0.15, 0.2) is 11.8 Å². The number of aromatic nitrogens is 3. The maximum absolute atomic E-state index is 5.32. The quantitative estimate of drug-likeness (QED) is 0.552. The van der Waals surface area contributed by atoms with Crippen molar-refractivity contribution in [3.05, 3.63) is 42.5 Å². The number of guanidine groups is 1. The van der Waals surface area contributed by atoms with Crippen LogP contribution in [-0.2, 0) is 11.3 Å². The van der Waals surface area contributed by atoms with E-state index in [4.69, 9.17) is 4.74 Å². The molecule has 146 valence electrons. The lowest BCUT2D eigenvalue weighted by Crippen LogP contribution is -2.43. The van der Waals surface area contributed by atoms with Gasteiger partial charge < -0.3 is 15.4 Å². The number of ether oxygens (including phenoxy) is 1. The van der Waals surface area contributed by atoms with Crippen molar-refractivity contribution in [2.24, 2.45) is 10.4 Å². The zero-order chi connectivity index (χ0) is 19.0. The Bertz CT molecular complexity index is 721. The minimum absolute atomic E-state index is 0.317. The fourth-order valence-electron chi connectivity index (χ4n) is 3.80. The summed E-state index contributed by atoms with van der Waals surface area (Å²) in [6.45, 7) is 2.29. The molecule has 0 saturated heterocycles. The smallest absolute Gasteiger partial charge is 0.191 e. The monoisotopic (exact) mass is 370 g/mol. The van der Waals surface area contributed by atoms with Crippen LogP contribution >= 0.6 is 0 Å². The molecule has 1 aliphatic carbocycles. The number of hydrogen-bond donors (Lipinski definition) is 2. The molecule has 1 aliphatic rings. The van der Waals surface area contributed by atoms with Gasteiger partial charge in [0.1, 0.15) is 6.33 Å². The zero-order valence-electron chi connectivity index (χ0n) is 16.3. The molecule has 0 radical (unpaired) electrons. The Morgan fingerprint density at radius 2 is 2.00 bits per heavy atom. The predicted octanol–water partition coefficient (Wildman–Crippen LogP) is 2.53. The van der Waals surface area contributed by atoms with Crippen LogP contribution in [-0.4, -0.2) is 48.0 Å². The van der Waals surface area contributed by atoms with Crippen molar-refractivity contribution in [1.29, 1.82) is 0 Å². The molecule has 1 fully saturated rings. The Morgan fingerprint density at radius 3 is 2.70 bits per heavy atom. The average molecular weight is 371 g/mol. The molecule has 0 amide bonds. The third kappa shape index (κ3) is 5.07. The van der Waals surface area contributed by atoms with E-state index in [-0.39, 0.29) is 0 Å². The molecular weight excluding hydrogens is 340 g/mol. The second kappa shape index (κ2) is 9.50. The molecule has 1 heterocycles. The minimum atomic E-state index is 0.317. The highest BCUT2D eigenvalue weighted by Crippen LogP contribution is 2.40. The highest BCUT2D eigenvalue weighted by atomic mass is 16.5. The highest BCUT2D eigenvalue weighted by molar-refractivity contribution is 5.79. The van der Waals surface area contributed by atoms with Crippen LogP contribution in [0, 0.1) is 5.41 Å². The van der Waals surface area contributed by atoms with Crippen molar-refractivity contribution in [3.63, 3.8) is 0 Å². The van der Waals surface area contributed by atoms with E-state index in [1.165, 1.54) is 25.7 Å². The summed E-state index contributed by atoms with van der Waals surface area (Å²) in [6.07, 6.45) is 7.94. The lowest BCUT2D eigenvalue weighted by Gasteiger charge is -2.29. The standard InChI is InChI=1S/C20H30N6O/c1-21-19(23-15-20(12-13-27-2)10-6-7-11-20)22-14-18-25-24-16-26(18)17-8-4-3-5-9-17/h3-5,8-9,16H,6-7,10-15H2,1-2H3,(H2,21,22,23). The summed E-state index contributed by atoms with van der Waals surface area (Å²) in [5.41, 5.74) is 1.37. The predicted molar refractivity (Wildman–Crippen MR) is 107 cm³/mol. The summed E-state index contributed by atoms with van der Waals surface area (Å²) in [6, 6.07) is 10.1. The van der Waals surface area contributed by atoms with Crippen LogP contribution in [0.3, 0.4) is 0 Å². The van der Waals surface area contributed by atoms with Gasteiger partial charge in [0.25, 0.3) is 0 Å². The van der Waals surface area contributed by atoms with E-state index >= 15 is 0 Å². The third-order valence-corrected chi connectivity index (χ3v) is 5.42. The lowest BCUT2D eigenvalue weighted by atomic mass is 9.83. The topological polar surface area (TPSA) is 76.4 Å². The SMILES string of the molecule is CN=C(NCc1nncn1-c1ccccc1)NCC1(CCOC)CCCC1. The van der Waals surface area contributed by atoms with E-state index in [0.717, 1.165) is 37.0 Å². The molecule has 2 N–H and O–H groups in total. The molecular formula is C20H30N6O. The Labute approximate surface area is 161 Å². The molecule has 0 spiro atoms. The maximum atomic E-state index is 5.32. The lowest BCUT2D eigenvalue weighted by molar-refractivity contribution is 0.138. The van der Waals surface area contributed by atoms with E-state index < -0.39 is 0 Å². The first-order chi connectivity index (χ1) is 13.3. The van der Waals surface area contributed by atoms with E-state index in [2.05, 4.69) is 25.8 Å². The molecule has 0 atom stereocenters. The number of nitrogens with one attached hydrogen (secondary N) is 2. The molecule has 7 nitrogen and oxygen atoms in total. The Balaban J connectivity index is 1.57. The van der Waals surface area contributed by atoms with Crippen LogP contribution in [0.15, 0.2) is 41.7 Å². The van der Waals surface area contributed by atoms with Gasteiger partial charge in [-0.15, -0.1) is 10.2 Å². The maximum Gasteiger partial charge on any atom is 0.191 e. The van der Waals surface area contributed by atoms with Gasteiger partial charge >= 0.3 is 0 Å². The number of hydrogen-bond acceptors (Lipinski definition) is 4. The highest BCUT2D eigenvalue weighted by Gasteiger charge is 2.33. The number of methoxy groups -OCH3 is 1. The fraction of sp³-hybridized carbons (Fsp3) is 0.550. The Hall–Kier alpha value is -2.41. The largest absolute Gasteiger partial charge is 0.385 e. The van der Waals surface area contributed by atoms with Crippen molar-refractivity contribution >= 4 is 5.96 Å². The van der Waals surface area contributed by atoms with Gasteiger partial charge in [-0.25, -0.2) is 0 Å². The number of rotatable bonds is 8. The average Bonchev–Trinajstić information content (AvgIpc) is 3.37. The summed E-state index contributed by atoms with van der Waals surface area (Å²) >= 11 is 0. The van der Waals surface area contributed by atoms with Gasteiger partial charge in [-0.1, -0.05) is 31.0 Å². The van der Waals surface area contributed by atoms with Crippen LogP contribution in [0.5, 0.6) is 0 Å². The number of para-hydroxylation sites is 1. The van der Waals surface area contributed by atoms with E-state index in [1.807, 2.05) is 34.9 Å². The van der Waals surface area contributed by atoms with Gasteiger partial charge in [0.05, 0.1) is 6.54 Å². The van der Waals surface area contributed by atoms with Gasteiger partial charge in [-0.05, 0) is 36.8 Å². The van der Waals surface area contributed by atoms with Crippen molar-refractivity contribution in [2.75, 3.05) is 27.3 Å².